The molecule has 0 fully saturated rings. The van der Waals surface area contributed by atoms with Crippen molar-refractivity contribution in [2.24, 2.45) is 0 Å². The minimum Gasteiger partial charge on any atom is -0.508 e. The Labute approximate surface area is 272 Å². The van der Waals surface area contributed by atoms with Crippen molar-refractivity contribution in [1.29, 1.82) is 0 Å². The number of hydrogen-bond acceptors (Lipinski definition) is 8. The normalized spacial score (nSPS) is 10.1. The van der Waals surface area contributed by atoms with Gasteiger partial charge in [-0.2, -0.15) is 0 Å². The van der Waals surface area contributed by atoms with Gasteiger partial charge in [-0.25, -0.2) is 4.79 Å². The second kappa shape index (κ2) is 18.4. The number of esters is 2. The second-order valence-electron chi connectivity index (χ2n) is 9.65. The van der Waals surface area contributed by atoms with E-state index < -0.39 is 11.9 Å². The van der Waals surface area contributed by atoms with Gasteiger partial charge in [0.25, 0.3) is 0 Å². The number of carbonyl (C=O) groups is 2. The summed E-state index contributed by atoms with van der Waals surface area (Å²) in [6, 6.07) is 39.7. The Morgan fingerprint density at radius 2 is 1.02 bits per heavy atom. The molecule has 0 heterocycles. The van der Waals surface area contributed by atoms with E-state index in [2.05, 4.69) is 0 Å². The topological polar surface area (TPSA) is 101 Å². The van der Waals surface area contributed by atoms with Crippen molar-refractivity contribution >= 4 is 23.5 Å². The first-order valence-electron chi connectivity index (χ1n) is 14.4. The number of halogens is 1. The number of alkyl halides is 1. The third-order valence-corrected chi connectivity index (χ3v) is 6.39. The molecule has 0 aromatic heterocycles. The number of aromatic hydroxyl groups is 1. The van der Waals surface area contributed by atoms with Crippen molar-refractivity contribution in [2.45, 2.75) is 19.6 Å². The summed E-state index contributed by atoms with van der Waals surface area (Å²) in [5, 5.41) is 9.09. The molecular formula is C37H33ClO8. The lowest BCUT2D eigenvalue weighted by molar-refractivity contribution is -0.149. The monoisotopic (exact) mass is 640 g/mol. The molecule has 5 aromatic carbocycles. The Balaban J connectivity index is 0.000000266. The van der Waals surface area contributed by atoms with Crippen LogP contribution in [0.3, 0.4) is 0 Å². The van der Waals surface area contributed by atoms with Gasteiger partial charge < -0.3 is 28.8 Å². The predicted octanol–water partition coefficient (Wildman–Crippen LogP) is 7.96. The maximum atomic E-state index is 12.3. The van der Waals surface area contributed by atoms with Crippen LogP contribution in [0.2, 0.25) is 0 Å². The van der Waals surface area contributed by atoms with Crippen LogP contribution < -0.4 is 18.9 Å². The van der Waals surface area contributed by atoms with E-state index in [0.717, 1.165) is 16.9 Å². The lowest BCUT2D eigenvalue weighted by Crippen LogP contribution is -2.11. The summed E-state index contributed by atoms with van der Waals surface area (Å²) in [4.78, 5) is 23.5. The molecule has 0 spiro atoms. The highest BCUT2D eigenvalue weighted by molar-refractivity contribution is 6.18. The lowest BCUT2D eigenvalue weighted by atomic mass is 10.2. The number of ether oxygens (including phenoxy) is 5. The summed E-state index contributed by atoms with van der Waals surface area (Å²) in [5.74, 6) is 1.80. The van der Waals surface area contributed by atoms with Gasteiger partial charge in [0.05, 0.1) is 12.0 Å². The van der Waals surface area contributed by atoms with Crippen LogP contribution in [-0.2, 0) is 22.7 Å². The Hall–Kier alpha value is -5.47. The number of carbonyl (C=O) groups excluding carboxylic acids is 2. The fourth-order valence-electron chi connectivity index (χ4n) is 3.79. The molecule has 5 rings (SSSR count). The van der Waals surface area contributed by atoms with Crippen molar-refractivity contribution < 1.29 is 38.4 Å². The summed E-state index contributed by atoms with van der Waals surface area (Å²) in [7, 11) is 0. The largest absolute Gasteiger partial charge is 0.508 e. The average Bonchev–Trinajstić information content (AvgIpc) is 3.09. The second-order valence-corrected chi connectivity index (χ2v) is 10.0. The molecular weight excluding hydrogens is 608 g/mol. The van der Waals surface area contributed by atoms with Crippen molar-refractivity contribution in [3.8, 4) is 28.7 Å². The van der Waals surface area contributed by atoms with Crippen molar-refractivity contribution in [1.82, 2.24) is 0 Å². The molecule has 1 N–H and O–H groups in total. The third kappa shape index (κ3) is 11.9. The number of benzene rings is 5. The summed E-state index contributed by atoms with van der Waals surface area (Å²) >= 11 is 5.45. The van der Waals surface area contributed by atoms with Gasteiger partial charge in [0, 0.05) is 5.88 Å². The van der Waals surface area contributed by atoms with Gasteiger partial charge in [0.2, 0.25) is 6.79 Å². The average molecular weight is 641 g/mol. The number of rotatable bonds is 13. The Kier molecular flexibility index (Phi) is 13.3. The van der Waals surface area contributed by atoms with Gasteiger partial charge in [-0.05, 0) is 83.9 Å². The molecule has 5 aromatic rings. The SMILES string of the molecule is O=C(CCCl)OCOc1ccc(C(=O)Oc2ccc(OCc3ccccc3)cc2)cc1.Oc1ccc(OCc2ccccc2)cc1. The van der Waals surface area contributed by atoms with Crippen LogP contribution in [0, 0.1) is 0 Å². The van der Waals surface area contributed by atoms with Gasteiger partial charge >= 0.3 is 11.9 Å². The van der Waals surface area contributed by atoms with Crippen molar-refractivity contribution in [3.05, 3.63) is 150 Å². The maximum absolute atomic E-state index is 12.3. The maximum Gasteiger partial charge on any atom is 0.343 e. The molecule has 0 bridgehead atoms. The molecule has 236 valence electrons. The first-order chi connectivity index (χ1) is 22.5. The summed E-state index contributed by atoms with van der Waals surface area (Å²) < 4.78 is 26.8. The minimum absolute atomic E-state index is 0.121. The fourth-order valence-corrected chi connectivity index (χ4v) is 3.95. The van der Waals surface area contributed by atoms with E-state index in [1.54, 1.807) is 72.8 Å². The van der Waals surface area contributed by atoms with E-state index in [4.69, 9.17) is 40.4 Å². The van der Waals surface area contributed by atoms with E-state index in [1.807, 2.05) is 60.7 Å². The quantitative estimate of drug-likeness (QED) is 0.0599. The van der Waals surface area contributed by atoms with Gasteiger partial charge in [0.15, 0.2) is 0 Å². The van der Waals surface area contributed by atoms with Gasteiger partial charge in [-0.3, -0.25) is 4.79 Å². The zero-order valence-corrected chi connectivity index (χ0v) is 25.7. The van der Waals surface area contributed by atoms with E-state index >= 15 is 0 Å². The highest BCUT2D eigenvalue weighted by Gasteiger charge is 2.10. The molecule has 0 unspecified atom stereocenters. The molecule has 9 heteroatoms. The first-order valence-corrected chi connectivity index (χ1v) is 14.9. The van der Waals surface area contributed by atoms with Crippen LogP contribution in [0.5, 0.6) is 28.7 Å². The third-order valence-electron chi connectivity index (χ3n) is 6.20. The summed E-state index contributed by atoms with van der Waals surface area (Å²) in [6.07, 6.45) is 0.121. The summed E-state index contributed by atoms with van der Waals surface area (Å²) in [5.41, 5.74) is 2.56. The molecule has 0 saturated heterocycles. The van der Waals surface area contributed by atoms with Crippen molar-refractivity contribution in [3.63, 3.8) is 0 Å². The van der Waals surface area contributed by atoms with Crippen LogP contribution in [0.1, 0.15) is 27.9 Å². The van der Waals surface area contributed by atoms with Gasteiger partial charge in [-0.15, -0.1) is 11.6 Å². The highest BCUT2D eigenvalue weighted by atomic mass is 35.5. The summed E-state index contributed by atoms with van der Waals surface area (Å²) in [6.45, 7) is 0.782. The van der Waals surface area contributed by atoms with Gasteiger partial charge in [0.1, 0.15) is 42.0 Å². The highest BCUT2D eigenvalue weighted by Crippen LogP contribution is 2.21. The molecule has 0 aliphatic heterocycles. The van der Waals surface area contributed by atoms with Crippen LogP contribution >= 0.6 is 11.6 Å². The van der Waals surface area contributed by atoms with Crippen LogP contribution in [-0.4, -0.2) is 29.7 Å². The number of phenolic OH excluding ortho intramolecular Hbond substituents is 1. The van der Waals surface area contributed by atoms with Crippen LogP contribution in [0.4, 0.5) is 0 Å². The molecule has 0 atom stereocenters. The van der Waals surface area contributed by atoms with E-state index in [1.165, 1.54) is 0 Å². The zero-order chi connectivity index (χ0) is 32.4. The molecule has 0 aliphatic carbocycles. The van der Waals surface area contributed by atoms with Crippen LogP contribution in [0.15, 0.2) is 133 Å². The molecule has 8 nitrogen and oxygen atoms in total. The Bertz CT molecular complexity index is 1610. The fraction of sp³-hybridized carbons (Fsp3) is 0.135. The van der Waals surface area contributed by atoms with Crippen molar-refractivity contribution in [2.75, 3.05) is 12.7 Å². The standard InChI is InChI=1S/C24H21ClO6.C13H12O2/c25-15-14-23(26)30-17-29-21-8-6-19(7-9-21)24(27)31-22-12-10-20(11-13-22)28-16-18-4-2-1-3-5-18;14-12-6-8-13(9-7-12)15-10-11-4-2-1-3-5-11/h1-13H,14-17H2;1-9,14H,10H2. The van der Waals surface area contributed by atoms with Gasteiger partial charge in [-0.1, -0.05) is 60.7 Å². The first kappa shape index (κ1) is 33.4. The minimum atomic E-state index is -0.502. The Morgan fingerprint density at radius 1 is 0.565 bits per heavy atom. The van der Waals surface area contributed by atoms with E-state index in [0.29, 0.717) is 36.0 Å². The number of hydrogen-bond donors (Lipinski definition) is 1. The molecule has 0 aliphatic rings. The zero-order valence-electron chi connectivity index (χ0n) is 24.9. The van der Waals surface area contributed by atoms with Crippen LogP contribution in [0.25, 0.3) is 0 Å². The Morgan fingerprint density at radius 3 is 1.54 bits per heavy atom. The smallest absolute Gasteiger partial charge is 0.343 e. The molecule has 0 amide bonds. The molecule has 46 heavy (non-hydrogen) atoms. The molecule has 0 radical (unpaired) electrons. The predicted molar refractivity (Wildman–Crippen MR) is 174 cm³/mol. The van der Waals surface area contributed by atoms with E-state index in [-0.39, 0.29) is 24.8 Å². The number of phenols is 1. The lowest BCUT2D eigenvalue weighted by Gasteiger charge is -2.09. The van der Waals surface area contributed by atoms with E-state index in [9.17, 15) is 9.59 Å². The molecule has 0 saturated carbocycles.